The summed E-state index contributed by atoms with van der Waals surface area (Å²) in [5.74, 6) is -0.639. The molecule has 1 heterocycles. The fourth-order valence-corrected chi connectivity index (χ4v) is 4.80. The number of aryl methyl sites for hydroxylation is 2. The van der Waals surface area contributed by atoms with Gasteiger partial charge in [-0.25, -0.2) is 0 Å². The van der Waals surface area contributed by atoms with E-state index >= 15 is 0 Å². The topological polar surface area (TPSA) is 70.1 Å². The van der Waals surface area contributed by atoms with Gasteiger partial charge in [0.15, 0.2) is 0 Å². The summed E-state index contributed by atoms with van der Waals surface area (Å²) in [5.41, 5.74) is 4.00. The van der Waals surface area contributed by atoms with Crippen LogP contribution < -0.4 is 4.74 Å². The number of ketones is 1. The Labute approximate surface area is 201 Å². The summed E-state index contributed by atoms with van der Waals surface area (Å²) in [6.45, 7) is 3.61. The van der Waals surface area contributed by atoms with Crippen molar-refractivity contribution in [1.29, 1.82) is 0 Å². The number of carbonyl (C=O) groups excluding carboxylic acids is 2. The van der Waals surface area contributed by atoms with Gasteiger partial charge in [-0.2, -0.15) is 0 Å². The molecule has 2 aromatic rings. The fraction of sp³-hybridized carbons (Fsp3) is 0.429. The van der Waals surface area contributed by atoms with Gasteiger partial charge in [0.1, 0.15) is 11.5 Å². The van der Waals surface area contributed by atoms with Gasteiger partial charge < -0.3 is 19.6 Å². The van der Waals surface area contributed by atoms with E-state index in [2.05, 4.69) is 0 Å². The van der Waals surface area contributed by atoms with Crippen LogP contribution in [0.2, 0.25) is 0 Å². The van der Waals surface area contributed by atoms with Crippen LogP contribution in [0.1, 0.15) is 54.5 Å². The third-order valence-electron chi connectivity index (χ3n) is 6.60. The average molecular weight is 463 g/mol. The first-order valence-electron chi connectivity index (χ1n) is 12.2. The maximum Gasteiger partial charge on any atom is 0.295 e. The van der Waals surface area contributed by atoms with E-state index in [1.807, 2.05) is 68.4 Å². The number of benzene rings is 2. The highest BCUT2D eigenvalue weighted by Gasteiger charge is 2.46. The van der Waals surface area contributed by atoms with Gasteiger partial charge in [-0.1, -0.05) is 31.2 Å². The van der Waals surface area contributed by atoms with Crippen molar-refractivity contribution >= 4 is 17.4 Å². The summed E-state index contributed by atoms with van der Waals surface area (Å²) >= 11 is 0. The Morgan fingerprint density at radius 3 is 2.59 bits per heavy atom. The van der Waals surface area contributed by atoms with Crippen LogP contribution in [0.5, 0.6) is 5.75 Å². The maximum atomic E-state index is 13.3. The molecule has 0 aromatic heterocycles. The molecule has 1 saturated heterocycles. The Kier molecular flexibility index (Phi) is 7.37. The number of likely N-dealkylation sites (tertiary alicyclic amines) is 1. The second kappa shape index (κ2) is 10.4. The first kappa shape index (κ1) is 24.0. The van der Waals surface area contributed by atoms with E-state index < -0.39 is 17.7 Å². The number of hydrogen-bond acceptors (Lipinski definition) is 5. The normalized spacial score (nSPS) is 19.5. The molecule has 1 atom stereocenters. The van der Waals surface area contributed by atoms with Crippen molar-refractivity contribution in [2.75, 3.05) is 33.8 Å². The van der Waals surface area contributed by atoms with Crippen LogP contribution in [0.25, 0.3) is 5.76 Å². The van der Waals surface area contributed by atoms with Gasteiger partial charge in [-0.05, 0) is 81.1 Å². The summed E-state index contributed by atoms with van der Waals surface area (Å²) in [6.07, 6.45) is 5.18. The van der Waals surface area contributed by atoms with E-state index in [4.69, 9.17) is 4.74 Å². The Balaban J connectivity index is 1.80. The van der Waals surface area contributed by atoms with Crippen molar-refractivity contribution in [2.24, 2.45) is 0 Å². The Morgan fingerprint density at radius 2 is 1.85 bits per heavy atom. The molecule has 1 aliphatic carbocycles. The van der Waals surface area contributed by atoms with Crippen molar-refractivity contribution in [3.05, 3.63) is 70.3 Å². The summed E-state index contributed by atoms with van der Waals surface area (Å²) in [4.78, 5) is 29.9. The van der Waals surface area contributed by atoms with Gasteiger partial charge >= 0.3 is 0 Å². The number of likely N-dealkylation sites (N-methyl/N-ethyl adjacent to an activating group) is 1. The Morgan fingerprint density at radius 1 is 1.09 bits per heavy atom. The van der Waals surface area contributed by atoms with Gasteiger partial charge in [0, 0.05) is 18.7 Å². The third-order valence-corrected chi connectivity index (χ3v) is 6.60. The predicted molar refractivity (Wildman–Crippen MR) is 133 cm³/mol. The molecule has 6 nitrogen and oxygen atoms in total. The average Bonchev–Trinajstić information content (AvgIpc) is 3.10. The Hall–Kier alpha value is -3.12. The molecule has 0 spiro atoms. The lowest BCUT2D eigenvalue weighted by Gasteiger charge is -2.27. The zero-order valence-electron chi connectivity index (χ0n) is 20.3. The summed E-state index contributed by atoms with van der Waals surface area (Å²) in [5, 5.41) is 11.4. The number of aliphatic hydroxyl groups is 1. The van der Waals surface area contributed by atoms with E-state index in [9.17, 15) is 14.7 Å². The molecule has 6 heteroatoms. The molecule has 0 radical (unpaired) electrons. The first-order chi connectivity index (χ1) is 16.4. The zero-order chi connectivity index (χ0) is 24.2. The molecular weight excluding hydrogens is 428 g/mol. The Bertz CT molecular complexity index is 1110. The van der Waals surface area contributed by atoms with Crippen LogP contribution in [-0.4, -0.2) is 60.4 Å². The van der Waals surface area contributed by atoms with Gasteiger partial charge in [-0.3, -0.25) is 9.59 Å². The molecule has 1 aliphatic heterocycles. The van der Waals surface area contributed by atoms with E-state index in [0.717, 1.165) is 31.2 Å². The summed E-state index contributed by atoms with van der Waals surface area (Å²) < 4.78 is 5.81. The highest BCUT2D eigenvalue weighted by molar-refractivity contribution is 6.46. The number of rotatable bonds is 8. The molecule has 1 N–H and O–H groups in total. The lowest BCUT2D eigenvalue weighted by Crippen LogP contribution is -2.35. The van der Waals surface area contributed by atoms with Gasteiger partial charge in [-0.15, -0.1) is 0 Å². The molecule has 0 bridgehead atoms. The summed E-state index contributed by atoms with van der Waals surface area (Å²) in [6, 6.07) is 12.7. The highest BCUT2D eigenvalue weighted by Crippen LogP contribution is 2.40. The number of hydrogen-bond donors (Lipinski definition) is 1. The van der Waals surface area contributed by atoms with Crippen LogP contribution in [0.3, 0.4) is 0 Å². The predicted octanol–water partition coefficient (Wildman–Crippen LogP) is 4.34. The van der Waals surface area contributed by atoms with Crippen LogP contribution in [0.15, 0.2) is 48.0 Å². The molecule has 2 aliphatic rings. The van der Waals surface area contributed by atoms with Gasteiger partial charge in [0.2, 0.25) is 0 Å². The smallest absolute Gasteiger partial charge is 0.295 e. The van der Waals surface area contributed by atoms with E-state index in [1.165, 1.54) is 17.5 Å². The minimum Gasteiger partial charge on any atom is -0.507 e. The third kappa shape index (κ3) is 4.87. The molecular formula is C28H34N2O4. The lowest BCUT2D eigenvalue weighted by atomic mass is 9.88. The standard InChI is InChI=1S/C28H34N2O4/c1-4-16-34-23-11-7-10-21(18-23)25-24(27(32)28(33)30(25)15-14-29(2)3)26(31)22-13-12-19-8-5-6-9-20(19)17-22/h7,10-13,17-18,25,31H,4-6,8-9,14-16H2,1-3H3/b26-24-. The molecule has 180 valence electrons. The molecule has 2 aromatic carbocycles. The molecule has 1 unspecified atom stereocenters. The SMILES string of the molecule is CCCOc1cccc(C2/C(=C(/O)c3ccc4c(c3)CCCC4)C(=O)C(=O)N2CCN(C)C)c1. The molecule has 34 heavy (non-hydrogen) atoms. The number of Topliss-reactive ketones (excluding diaryl/α,β-unsaturated/α-hetero) is 1. The molecule has 1 amide bonds. The minimum absolute atomic E-state index is 0.107. The van der Waals surface area contributed by atoms with Gasteiger partial charge in [0.05, 0.1) is 18.2 Å². The van der Waals surface area contributed by atoms with E-state index in [1.54, 1.807) is 4.90 Å². The van der Waals surface area contributed by atoms with Crippen molar-refractivity contribution in [3.63, 3.8) is 0 Å². The largest absolute Gasteiger partial charge is 0.507 e. The number of aliphatic hydroxyl groups excluding tert-OH is 1. The molecule has 1 fully saturated rings. The minimum atomic E-state index is -0.666. The number of nitrogens with zero attached hydrogens (tertiary/aromatic N) is 2. The highest BCUT2D eigenvalue weighted by atomic mass is 16.5. The van der Waals surface area contributed by atoms with Crippen molar-refractivity contribution in [3.8, 4) is 5.75 Å². The van der Waals surface area contributed by atoms with E-state index in [-0.39, 0.29) is 11.3 Å². The van der Waals surface area contributed by atoms with Crippen LogP contribution in [0, 0.1) is 0 Å². The van der Waals surface area contributed by atoms with Crippen LogP contribution >= 0.6 is 0 Å². The second-order valence-electron chi connectivity index (χ2n) is 9.41. The number of ether oxygens (including phenoxy) is 1. The van der Waals surface area contributed by atoms with Crippen molar-refractivity contribution in [2.45, 2.75) is 45.1 Å². The molecule has 0 saturated carbocycles. The quantitative estimate of drug-likeness (QED) is 0.359. The second-order valence-corrected chi connectivity index (χ2v) is 9.41. The lowest BCUT2D eigenvalue weighted by molar-refractivity contribution is -0.140. The summed E-state index contributed by atoms with van der Waals surface area (Å²) in [7, 11) is 3.86. The van der Waals surface area contributed by atoms with Crippen LogP contribution in [0.4, 0.5) is 0 Å². The van der Waals surface area contributed by atoms with E-state index in [0.29, 0.717) is 31.0 Å². The van der Waals surface area contributed by atoms with Crippen molar-refractivity contribution in [1.82, 2.24) is 9.80 Å². The zero-order valence-corrected chi connectivity index (χ0v) is 20.3. The monoisotopic (exact) mass is 462 g/mol. The van der Waals surface area contributed by atoms with Crippen molar-refractivity contribution < 1.29 is 19.4 Å². The van der Waals surface area contributed by atoms with Crippen LogP contribution in [-0.2, 0) is 22.4 Å². The maximum absolute atomic E-state index is 13.3. The van der Waals surface area contributed by atoms with Gasteiger partial charge in [0.25, 0.3) is 11.7 Å². The first-order valence-corrected chi connectivity index (χ1v) is 12.2. The fourth-order valence-electron chi connectivity index (χ4n) is 4.80. The number of carbonyl (C=O) groups is 2. The number of fused-ring (bicyclic) bond motifs is 1. The number of amides is 1. The molecule has 4 rings (SSSR count).